The van der Waals surface area contributed by atoms with Gasteiger partial charge in [-0.3, -0.25) is 4.79 Å². The van der Waals surface area contributed by atoms with Crippen LogP contribution in [-0.4, -0.2) is 48.2 Å². The number of carbonyl (C=O) groups excluding carboxylic acids is 1. The van der Waals surface area contributed by atoms with Crippen LogP contribution >= 0.6 is 0 Å². The number of amides is 1. The van der Waals surface area contributed by atoms with Gasteiger partial charge in [0.25, 0.3) is 5.91 Å². The monoisotopic (exact) mass is 369 g/mol. The molecule has 2 aliphatic rings. The second kappa shape index (κ2) is 7.07. The Bertz CT molecular complexity index is 724. The SMILES string of the molecule is CC(C)CS(=O)(=O)N1CC[C@H](NC(=O)c2cc(C3CC3)on2)C[C@@H]1C. The van der Waals surface area contributed by atoms with Gasteiger partial charge in [-0.05, 0) is 38.5 Å². The molecule has 8 heteroatoms. The van der Waals surface area contributed by atoms with Crippen LogP contribution in [0.1, 0.15) is 68.6 Å². The molecule has 0 bridgehead atoms. The minimum atomic E-state index is -3.24. The van der Waals surface area contributed by atoms with E-state index in [2.05, 4.69) is 10.5 Å². The van der Waals surface area contributed by atoms with Crippen molar-refractivity contribution in [2.24, 2.45) is 5.92 Å². The molecule has 1 saturated carbocycles. The molecule has 2 atom stereocenters. The van der Waals surface area contributed by atoms with Gasteiger partial charge < -0.3 is 9.84 Å². The number of rotatable bonds is 6. The van der Waals surface area contributed by atoms with Crippen LogP contribution in [0.4, 0.5) is 0 Å². The smallest absolute Gasteiger partial charge is 0.273 e. The maximum atomic E-state index is 12.4. The molecule has 1 saturated heterocycles. The quantitative estimate of drug-likeness (QED) is 0.829. The molecule has 1 aromatic heterocycles. The van der Waals surface area contributed by atoms with E-state index in [4.69, 9.17) is 4.52 Å². The summed E-state index contributed by atoms with van der Waals surface area (Å²) in [6.07, 6.45) is 3.41. The van der Waals surface area contributed by atoms with Crippen molar-refractivity contribution in [1.29, 1.82) is 0 Å². The zero-order chi connectivity index (χ0) is 18.2. The van der Waals surface area contributed by atoms with Crippen molar-refractivity contribution in [3.8, 4) is 0 Å². The number of hydrogen-bond donors (Lipinski definition) is 1. The van der Waals surface area contributed by atoms with E-state index in [1.54, 1.807) is 10.4 Å². The maximum absolute atomic E-state index is 12.4. The highest BCUT2D eigenvalue weighted by Crippen LogP contribution is 2.40. The first kappa shape index (κ1) is 18.4. The molecule has 0 radical (unpaired) electrons. The fourth-order valence-corrected chi connectivity index (χ4v) is 5.48. The highest BCUT2D eigenvalue weighted by molar-refractivity contribution is 7.89. The van der Waals surface area contributed by atoms with Crippen LogP contribution in [0.3, 0.4) is 0 Å². The number of sulfonamides is 1. The van der Waals surface area contributed by atoms with Crippen LogP contribution < -0.4 is 5.32 Å². The Morgan fingerprint density at radius 2 is 2.12 bits per heavy atom. The molecule has 2 fully saturated rings. The summed E-state index contributed by atoms with van der Waals surface area (Å²) in [5.41, 5.74) is 0.310. The zero-order valence-corrected chi connectivity index (χ0v) is 15.9. The van der Waals surface area contributed by atoms with E-state index in [1.807, 2.05) is 20.8 Å². The first-order valence-corrected chi connectivity index (χ1v) is 10.6. The van der Waals surface area contributed by atoms with Crippen molar-refractivity contribution in [2.45, 2.75) is 64.5 Å². The van der Waals surface area contributed by atoms with Crippen LogP contribution in [0.2, 0.25) is 0 Å². The topological polar surface area (TPSA) is 92.5 Å². The molecule has 0 aromatic carbocycles. The van der Waals surface area contributed by atoms with E-state index in [0.29, 0.717) is 31.0 Å². The van der Waals surface area contributed by atoms with Gasteiger partial charge in [0.1, 0.15) is 5.76 Å². The summed E-state index contributed by atoms with van der Waals surface area (Å²) >= 11 is 0. The van der Waals surface area contributed by atoms with Gasteiger partial charge >= 0.3 is 0 Å². The first-order valence-electron chi connectivity index (χ1n) is 9.03. The lowest BCUT2D eigenvalue weighted by Gasteiger charge is -2.37. The molecular weight excluding hydrogens is 342 g/mol. The van der Waals surface area contributed by atoms with Gasteiger partial charge in [0.05, 0.1) is 5.75 Å². The molecule has 1 aromatic rings. The summed E-state index contributed by atoms with van der Waals surface area (Å²) in [5.74, 6) is 1.22. The zero-order valence-electron chi connectivity index (χ0n) is 15.1. The molecule has 7 nitrogen and oxygen atoms in total. The van der Waals surface area contributed by atoms with E-state index < -0.39 is 10.0 Å². The lowest BCUT2D eigenvalue weighted by Crippen LogP contribution is -2.51. The van der Waals surface area contributed by atoms with Crippen LogP contribution in [0.15, 0.2) is 10.6 Å². The Morgan fingerprint density at radius 3 is 2.72 bits per heavy atom. The van der Waals surface area contributed by atoms with Gasteiger partial charge in [-0.2, -0.15) is 4.31 Å². The van der Waals surface area contributed by atoms with Crippen molar-refractivity contribution in [2.75, 3.05) is 12.3 Å². The number of nitrogens with zero attached hydrogens (tertiary/aromatic N) is 2. The molecule has 1 aliphatic carbocycles. The average Bonchev–Trinajstić information content (AvgIpc) is 3.22. The molecular formula is C17H27N3O4S. The molecule has 1 N–H and O–H groups in total. The van der Waals surface area contributed by atoms with Crippen molar-refractivity contribution >= 4 is 15.9 Å². The number of piperidine rings is 1. The normalized spacial score (nSPS) is 25.3. The van der Waals surface area contributed by atoms with Crippen LogP contribution in [0.5, 0.6) is 0 Å². The van der Waals surface area contributed by atoms with Crippen LogP contribution in [-0.2, 0) is 10.0 Å². The number of carbonyl (C=O) groups is 1. The molecule has 0 spiro atoms. The fraction of sp³-hybridized carbons (Fsp3) is 0.765. The van der Waals surface area contributed by atoms with E-state index >= 15 is 0 Å². The number of aromatic nitrogens is 1. The molecule has 140 valence electrons. The summed E-state index contributed by atoms with van der Waals surface area (Å²) in [6.45, 7) is 6.15. The van der Waals surface area contributed by atoms with E-state index in [0.717, 1.165) is 18.6 Å². The second-order valence-electron chi connectivity index (χ2n) is 7.72. The maximum Gasteiger partial charge on any atom is 0.273 e. The van der Waals surface area contributed by atoms with Crippen molar-refractivity contribution in [3.05, 3.63) is 17.5 Å². The molecule has 1 amide bonds. The predicted molar refractivity (Wildman–Crippen MR) is 93.8 cm³/mol. The van der Waals surface area contributed by atoms with Gasteiger partial charge in [-0.15, -0.1) is 0 Å². The van der Waals surface area contributed by atoms with Crippen molar-refractivity contribution in [1.82, 2.24) is 14.8 Å². The Kier molecular flexibility index (Phi) is 5.20. The molecule has 25 heavy (non-hydrogen) atoms. The summed E-state index contributed by atoms with van der Waals surface area (Å²) in [7, 11) is -3.24. The summed E-state index contributed by atoms with van der Waals surface area (Å²) < 4.78 is 31.7. The van der Waals surface area contributed by atoms with E-state index in [9.17, 15) is 13.2 Å². The predicted octanol–water partition coefficient (Wildman–Crippen LogP) is 2.12. The third-order valence-electron chi connectivity index (χ3n) is 4.79. The van der Waals surface area contributed by atoms with Gasteiger partial charge in [-0.1, -0.05) is 19.0 Å². The average molecular weight is 369 g/mol. The van der Waals surface area contributed by atoms with Gasteiger partial charge in [0.15, 0.2) is 5.69 Å². The van der Waals surface area contributed by atoms with Gasteiger partial charge in [0.2, 0.25) is 10.0 Å². The lowest BCUT2D eigenvalue weighted by atomic mass is 10.0. The summed E-state index contributed by atoms with van der Waals surface area (Å²) in [6, 6.07) is 1.55. The summed E-state index contributed by atoms with van der Waals surface area (Å²) in [5, 5.41) is 6.82. The Hall–Kier alpha value is -1.41. The highest BCUT2D eigenvalue weighted by atomic mass is 32.2. The Labute approximate surface area is 149 Å². The minimum absolute atomic E-state index is 0.0472. The third-order valence-corrected chi connectivity index (χ3v) is 7.14. The van der Waals surface area contributed by atoms with Gasteiger partial charge in [0, 0.05) is 30.6 Å². The van der Waals surface area contributed by atoms with E-state index in [1.165, 1.54) is 0 Å². The standard InChI is InChI=1S/C17H27N3O4S/c1-11(2)10-25(22,23)20-7-6-14(8-12(20)3)18-17(21)15-9-16(24-19-15)13-4-5-13/h9,11-14H,4-8,10H2,1-3H3,(H,18,21)/t12-,14-/m0/s1. The second-order valence-corrected chi connectivity index (χ2v) is 9.68. The highest BCUT2D eigenvalue weighted by Gasteiger charge is 2.35. The Balaban J connectivity index is 1.56. The van der Waals surface area contributed by atoms with Crippen molar-refractivity contribution in [3.63, 3.8) is 0 Å². The summed E-state index contributed by atoms with van der Waals surface area (Å²) in [4.78, 5) is 12.3. The molecule has 3 rings (SSSR count). The fourth-order valence-electron chi connectivity index (χ4n) is 3.43. The first-order chi connectivity index (χ1) is 11.8. The van der Waals surface area contributed by atoms with Crippen molar-refractivity contribution < 1.29 is 17.7 Å². The number of hydrogen-bond acceptors (Lipinski definition) is 5. The molecule has 2 heterocycles. The van der Waals surface area contributed by atoms with Crippen LogP contribution in [0.25, 0.3) is 0 Å². The molecule has 1 aliphatic heterocycles. The third kappa shape index (κ3) is 4.41. The largest absolute Gasteiger partial charge is 0.360 e. The lowest BCUT2D eigenvalue weighted by molar-refractivity contribution is 0.0905. The minimum Gasteiger partial charge on any atom is -0.360 e. The number of nitrogens with one attached hydrogen (secondary N) is 1. The molecule has 0 unspecified atom stereocenters. The van der Waals surface area contributed by atoms with E-state index in [-0.39, 0.29) is 29.7 Å². The van der Waals surface area contributed by atoms with Gasteiger partial charge in [-0.25, -0.2) is 8.42 Å². The van der Waals surface area contributed by atoms with Crippen LogP contribution in [0, 0.1) is 5.92 Å². The Morgan fingerprint density at radius 1 is 1.40 bits per heavy atom.